The summed E-state index contributed by atoms with van der Waals surface area (Å²) >= 11 is 0. The smallest absolute Gasteiger partial charge is 0.399 e. The van der Waals surface area contributed by atoms with Crippen molar-refractivity contribution in [2.45, 2.75) is 73.5 Å². The van der Waals surface area contributed by atoms with Crippen molar-refractivity contribution < 1.29 is 9.31 Å². The average Bonchev–Trinajstić information content (AvgIpc) is 2.64. The van der Waals surface area contributed by atoms with Crippen molar-refractivity contribution in [3.8, 4) is 0 Å². The van der Waals surface area contributed by atoms with Gasteiger partial charge in [-0.25, -0.2) is 0 Å². The standard InChI is InChI=1S/C13H19BO2.2C2H6/c1-10-6-8-11(9-7-10)14-15-12(2,3)13(4,5)16-14;2*1-2/h6-9H,1-5H3;2*1-2H3. The molecule has 1 aromatic rings. The molecule has 0 atom stereocenters. The van der Waals surface area contributed by atoms with E-state index in [0.717, 1.165) is 5.46 Å². The van der Waals surface area contributed by atoms with Gasteiger partial charge in [-0.15, -0.1) is 0 Å². The molecule has 0 aromatic heterocycles. The Labute approximate surface area is 126 Å². The minimum atomic E-state index is -0.261. The molecule has 20 heavy (non-hydrogen) atoms. The minimum Gasteiger partial charge on any atom is -0.399 e. The maximum absolute atomic E-state index is 5.97. The van der Waals surface area contributed by atoms with Gasteiger partial charge < -0.3 is 9.31 Å². The van der Waals surface area contributed by atoms with E-state index in [9.17, 15) is 0 Å². The van der Waals surface area contributed by atoms with E-state index in [1.54, 1.807) is 0 Å². The molecule has 0 bridgehead atoms. The van der Waals surface area contributed by atoms with Crippen LogP contribution < -0.4 is 5.46 Å². The molecule has 1 aliphatic rings. The van der Waals surface area contributed by atoms with Crippen LogP contribution in [-0.4, -0.2) is 18.3 Å². The molecule has 2 rings (SSSR count). The predicted molar refractivity (Wildman–Crippen MR) is 89.6 cm³/mol. The molecule has 1 aromatic carbocycles. The number of rotatable bonds is 1. The van der Waals surface area contributed by atoms with E-state index in [2.05, 4.69) is 58.9 Å². The Morgan fingerprint density at radius 2 is 1.10 bits per heavy atom. The first kappa shape index (κ1) is 19.2. The molecule has 0 aliphatic carbocycles. The van der Waals surface area contributed by atoms with E-state index in [1.165, 1.54) is 5.56 Å². The van der Waals surface area contributed by atoms with Crippen LogP contribution in [0.1, 0.15) is 61.0 Å². The molecule has 1 saturated heterocycles. The summed E-state index contributed by atoms with van der Waals surface area (Å²) in [6.07, 6.45) is 0. The van der Waals surface area contributed by atoms with Gasteiger partial charge in [0.1, 0.15) is 0 Å². The van der Waals surface area contributed by atoms with Crippen LogP contribution in [0, 0.1) is 6.92 Å². The lowest BCUT2D eigenvalue weighted by atomic mass is 9.79. The molecule has 0 saturated carbocycles. The number of hydrogen-bond acceptors (Lipinski definition) is 2. The molecule has 1 aliphatic heterocycles. The summed E-state index contributed by atoms with van der Waals surface area (Å²) < 4.78 is 11.9. The van der Waals surface area contributed by atoms with E-state index in [1.807, 2.05) is 27.7 Å². The molecular formula is C17H31BO2. The van der Waals surface area contributed by atoms with Crippen molar-refractivity contribution >= 4 is 12.6 Å². The lowest BCUT2D eigenvalue weighted by molar-refractivity contribution is 0.00578. The number of benzene rings is 1. The molecule has 0 N–H and O–H groups in total. The topological polar surface area (TPSA) is 18.5 Å². The molecule has 114 valence electrons. The normalized spacial score (nSPS) is 18.6. The number of aryl methyl sites for hydroxylation is 1. The molecule has 0 unspecified atom stereocenters. The van der Waals surface area contributed by atoms with Crippen LogP contribution in [0.25, 0.3) is 0 Å². The van der Waals surface area contributed by atoms with Gasteiger partial charge >= 0.3 is 7.12 Å². The second-order valence-electron chi connectivity index (χ2n) is 5.50. The monoisotopic (exact) mass is 278 g/mol. The first-order valence-corrected chi connectivity index (χ1v) is 7.74. The summed E-state index contributed by atoms with van der Waals surface area (Å²) in [4.78, 5) is 0. The molecular weight excluding hydrogens is 247 g/mol. The van der Waals surface area contributed by atoms with Crippen molar-refractivity contribution in [3.05, 3.63) is 29.8 Å². The van der Waals surface area contributed by atoms with Gasteiger partial charge in [0.2, 0.25) is 0 Å². The zero-order valence-corrected chi connectivity index (χ0v) is 14.7. The third-order valence-electron chi connectivity index (χ3n) is 3.60. The third-order valence-corrected chi connectivity index (χ3v) is 3.60. The van der Waals surface area contributed by atoms with Gasteiger partial charge in [0.25, 0.3) is 0 Å². The fourth-order valence-electron chi connectivity index (χ4n) is 1.70. The second-order valence-corrected chi connectivity index (χ2v) is 5.50. The van der Waals surface area contributed by atoms with Crippen LogP contribution in [0.2, 0.25) is 0 Å². The summed E-state index contributed by atoms with van der Waals surface area (Å²) in [7, 11) is -0.245. The Morgan fingerprint density at radius 3 is 1.45 bits per heavy atom. The first-order valence-electron chi connectivity index (χ1n) is 7.74. The maximum atomic E-state index is 5.97. The van der Waals surface area contributed by atoms with E-state index in [4.69, 9.17) is 9.31 Å². The largest absolute Gasteiger partial charge is 0.494 e. The van der Waals surface area contributed by atoms with Gasteiger partial charge in [0.05, 0.1) is 11.2 Å². The van der Waals surface area contributed by atoms with Gasteiger partial charge in [0, 0.05) is 0 Å². The highest BCUT2D eigenvalue weighted by Gasteiger charge is 2.51. The molecule has 0 amide bonds. The second kappa shape index (κ2) is 7.85. The van der Waals surface area contributed by atoms with Crippen molar-refractivity contribution in [2.24, 2.45) is 0 Å². The van der Waals surface area contributed by atoms with E-state index in [0.29, 0.717) is 0 Å². The summed E-state index contributed by atoms with van der Waals surface area (Å²) in [6.45, 7) is 18.4. The van der Waals surface area contributed by atoms with Crippen LogP contribution >= 0.6 is 0 Å². The quantitative estimate of drug-likeness (QED) is 0.711. The Bertz CT molecular complexity index is 366. The molecule has 1 fully saturated rings. The lowest BCUT2D eigenvalue weighted by Crippen LogP contribution is -2.41. The Morgan fingerprint density at radius 1 is 0.750 bits per heavy atom. The lowest BCUT2D eigenvalue weighted by Gasteiger charge is -2.32. The zero-order valence-electron chi connectivity index (χ0n) is 14.7. The van der Waals surface area contributed by atoms with Crippen molar-refractivity contribution in [2.75, 3.05) is 0 Å². The Balaban J connectivity index is 0.000000829. The SMILES string of the molecule is CC.CC.Cc1ccc(B2OC(C)(C)C(C)(C)O2)cc1. The summed E-state index contributed by atoms with van der Waals surface area (Å²) in [5, 5.41) is 0. The fourth-order valence-corrected chi connectivity index (χ4v) is 1.70. The predicted octanol–water partition coefficient (Wildman–Crippen LogP) is 4.35. The van der Waals surface area contributed by atoms with Crippen LogP contribution in [0.4, 0.5) is 0 Å². The summed E-state index contributed by atoms with van der Waals surface area (Å²) in [5.41, 5.74) is 1.81. The minimum absolute atomic E-state index is 0.245. The van der Waals surface area contributed by atoms with Crippen molar-refractivity contribution in [1.29, 1.82) is 0 Å². The van der Waals surface area contributed by atoms with Crippen molar-refractivity contribution in [3.63, 3.8) is 0 Å². The Hall–Kier alpha value is -0.795. The van der Waals surface area contributed by atoms with E-state index >= 15 is 0 Å². The molecule has 1 heterocycles. The highest BCUT2D eigenvalue weighted by atomic mass is 16.7. The third kappa shape index (κ3) is 4.36. The van der Waals surface area contributed by atoms with Crippen LogP contribution in [0.5, 0.6) is 0 Å². The summed E-state index contributed by atoms with van der Waals surface area (Å²) in [6, 6.07) is 8.30. The van der Waals surface area contributed by atoms with E-state index < -0.39 is 0 Å². The van der Waals surface area contributed by atoms with Gasteiger partial charge in [-0.05, 0) is 40.1 Å². The first-order chi connectivity index (χ1) is 9.32. The molecule has 3 heteroatoms. The van der Waals surface area contributed by atoms with Gasteiger partial charge in [0.15, 0.2) is 0 Å². The van der Waals surface area contributed by atoms with Crippen LogP contribution in [0.15, 0.2) is 24.3 Å². The summed E-state index contributed by atoms with van der Waals surface area (Å²) in [5.74, 6) is 0. The highest BCUT2D eigenvalue weighted by Crippen LogP contribution is 2.36. The van der Waals surface area contributed by atoms with Gasteiger partial charge in [-0.1, -0.05) is 57.5 Å². The fraction of sp³-hybridized carbons (Fsp3) is 0.647. The maximum Gasteiger partial charge on any atom is 0.494 e. The molecule has 0 spiro atoms. The van der Waals surface area contributed by atoms with Gasteiger partial charge in [-0.3, -0.25) is 0 Å². The number of hydrogen-bond donors (Lipinski definition) is 0. The molecule has 2 nitrogen and oxygen atoms in total. The van der Waals surface area contributed by atoms with E-state index in [-0.39, 0.29) is 18.3 Å². The Kier molecular flexibility index (Phi) is 7.54. The highest BCUT2D eigenvalue weighted by molar-refractivity contribution is 6.62. The van der Waals surface area contributed by atoms with Crippen molar-refractivity contribution in [1.82, 2.24) is 0 Å². The van der Waals surface area contributed by atoms with Gasteiger partial charge in [-0.2, -0.15) is 0 Å². The zero-order chi connectivity index (χ0) is 16.0. The van der Waals surface area contributed by atoms with Crippen LogP contribution in [-0.2, 0) is 9.31 Å². The average molecular weight is 278 g/mol. The van der Waals surface area contributed by atoms with Crippen LogP contribution in [0.3, 0.4) is 0 Å². The molecule has 0 radical (unpaired) electrons.